The van der Waals surface area contributed by atoms with Crippen LogP contribution in [0.15, 0.2) is 47.3 Å². The lowest BCUT2D eigenvalue weighted by atomic mass is 9.95. The van der Waals surface area contributed by atoms with E-state index in [1.165, 1.54) is 7.11 Å². The fraction of sp³-hybridized carbons (Fsp3) is 0.222. The summed E-state index contributed by atoms with van der Waals surface area (Å²) in [7, 11) is 1.51. The number of methoxy groups -OCH3 is 1. The van der Waals surface area contributed by atoms with Gasteiger partial charge in [0.25, 0.3) is 0 Å². The Morgan fingerprint density at radius 1 is 1.05 bits per heavy atom. The number of ketones is 1. The number of rotatable bonds is 3. The van der Waals surface area contributed by atoms with Gasteiger partial charge >= 0.3 is 0 Å². The molecule has 22 heavy (non-hydrogen) atoms. The van der Waals surface area contributed by atoms with Gasteiger partial charge in [0, 0.05) is 32.8 Å². The second-order valence-corrected chi connectivity index (χ2v) is 6.77. The van der Waals surface area contributed by atoms with Gasteiger partial charge in [0.2, 0.25) is 0 Å². The van der Waals surface area contributed by atoms with Crippen molar-refractivity contribution in [2.45, 2.75) is 19.4 Å². The molecule has 1 aromatic heterocycles. The largest absolute Gasteiger partial charge is 0.371 e. The van der Waals surface area contributed by atoms with Crippen LogP contribution in [0.4, 0.5) is 0 Å². The van der Waals surface area contributed by atoms with Gasteiger partial charge in [0.05, 0.1) is 0 Å². The number of Topliss-reactive ketones (excluding diaryl/α,β-unsaturated/α-hetero) is 1. The quantitative estimate of drug-likeness (QED) is 0.542. The first kappa shape index (κ1) is 14.9. The van der Waals surface area contributed by atoms with E-state index in [9.17, 15) is 9.59 Å². The van der Waals surface area contributed by atoms with E-state index in [1.807, 2.05) is 30.3 Å². The lowest BCUT2D eigenvalue weighted by Gasteiger charge is -2.21. The van der Waals surface area contributed by atoms with Crippen molar-refractivity contribution in [3.8, 4) is 0 Å². The molecule has 0 saturated carbocycles. The molecule has 3 nitrogen and oxygen atoms in total. The molecule has 0 aliphatic carbocycles. The number of hydrogen-bond donors (Lipinski definition) is 0. The molecule has 4 heteroatoms. The first-order valence-corrected chi connectivity index (χ1v) is 7.81. The maximum absolute atomic E-state index is 12.6. The molecule has 0 N–H and O–H groups in total. The fourth-order valence-electron chi connectivity index (χ4n) is 2.38. The van der Waals surface area contributed by atoms with Gasteiger partial charge in [-0.2, -0.15) is 0 Å². The molecule has 3 aromatic rings. The Labute approximate surface area is 132 Å². The van der Waals surface area contributed by atoms with Crippen LogP contribution in [0.25, 0.3) is 20.2 Å². The molecule has 0 spiro atoms. The van der Waals surface area contributed by atoms with Crippen LogP contribution in [0.2, 0.25) is 0 Å². The van der Waals surface area contributed by atoms with Crippen molar-refractivity contribution in [3.63, 3.8) is 0 Å². The summed E-state index contributed by atoms with van der Waals surface area (Å²) in [5.74, 6) is -0.130. The SMILES string of the molecule is COC(C)(C)C(=O)c1ccc2sc3ccccc3c(=O)c2c1. The topological polar surface area (TPSA) is 43.4 Å². The number of hydrogen-bond acceptors (Lipinski definition) is 4. The molecule has 2 aromatic carbocycles. The normalized spacial score (nSPS) is 12.0. The summed E-state index contributed by atoms with van der Waals surface area (Å²) < 4.78 is 7.08. The Balaban J connectivity index is 2.26. The van der Waals surface area contributed by atoms with E-state index in [2.05, 4.69) is 0 Å². The third-order valence-corrected chi connectivity index (χ3v) is 5.05. The van der Waals surface area contributed by atoms with Crippen LogP contribution in [0, 0.1) is 0 Å². The second kappa shape index (κ2) is 5.30. The highest BCUT2D eigenvalue weighted by atomic mass is 32.1. The van der Waals surface area contributed by atoms with Gasteiger partial charge in [-0.1, -0.05) is 12.1 Å². The molecule has 0 aliphatic heterocycles. The molecule has 3 rings (SSSR count). The Morgan fingerprint density at radius 3 is 2.45 bits per heavy atom. The molecule has 0 fully saturated rings. The summed E-state index contributed by atoms with van der Waals surface area (Å²) in [5.41, 5.74) is -0.440. The minimum absolute atomic E-state index is 0.0331. The molecular weight excluding hydrogens is 296 g/mol. The van der Waals surface area contributed by atoms with Crippen molar-refractivity contribution in [2.75, 3.05) is 7.11 Å². The summed E-state index contributed by atoms with van der Waals surface area (Å²) in [6.07, 6.45) is 0. The predicted molar refractivity (Wildman–Crippen MR) is 91.0 cm³/mol. The molecule has 0 aliphatic rings. The number of carbonyl (C=O) groups is 1. The van der Waals surface area contributed by atoms with Crippen LogP contribution in [-0.2, 0) is 4.74 Å². The molecule has 112 valence electrons. The summed E-state index contributed by atoms with van der Waals surface area (Å²) in [6, 6.07) is 12.8. The predicted octanol–water partition coefficient (Wildman–Crippen LogP) is 4.02. The lowest BCUT2D eigenvalue weighted by molar-refractivity contribution is 0.0228. The van der Waals surface area contributed by atoms with Gasteiger partial charge in [0.1, 0.15) is 5.60 Å². The van der Waals surface area contributed by atoms with E-state index < -0.39 is 5.60 Å². The summed E-state index contributed by atoms with van der Waals surface area (Å²) in [6.45, 7) is 3.45. The van der Waals surface area contributed by atoms with Gasteiger partial charge in [-0.05, 0) is 44.2 Å². The minimum atomic E-state index is -0.906. The molecule has 0 atom stereocenters. The van der Waals surface area contributed by atoms with E-state index in [1.54, 1.807) is 37.3 Å². The van der Waals surface area contributed by atoms with Crippen LogP contribution in [0.1, 0.15) is 24.2 Å². The van der Waals surface area contributed by atoms with Gasteiger partial charge in [-0.3, -0.25) is 9.59 Å². The van der Waals surface area contributed by atoms with Crippen LogP contribution < -0.4 is 5.43 Å². The smallest absolute Gasteiger partial charge is 0.195 e. The number of benzene rings is 2. The van der Waals surface area contributed by atoms with Crippen LogP contribution in [0.5, 0.6) is 0 Å². The third kappa shape index (κ3) is 2.34. The zero-order valence-corrected chi connectivity index (χ0v) is 13.5. The number of carbonyl (C=O) groups excluding carboxylic acids is 1. The number of fused-ring (bicyclic) bond motifs is 2. The Bertz CT molecular complexity index is 938. The van der Waals surface area contributed by atoms with E-state index >= 15 is 0 Å². The van der Waals surface area contributed by atoms with Crippen LogP contribution >= 0.6 is 11.3 Å². The zero-order chi connectivity index (χ0) is 15.9. The third-order valence-electron chi connectivity index (χ3n) is 3.90. The van der Waals surface area contributed by atoms with Crippen molar-refractivity contribution in [3.05, 3.63) is 58.3 Å². The minimum Gasteiger partial charge on any atom is -0.371 e. The zero-order valence-electron chi connectivity index (χ0n) is 12.7. The Kier molecular flexibility index (Phi) is 3.59. The molecule has 0 bridgehead atoms. The first-order chi connectivity index (χ1) is 10.4. The first-order valence-electron chi connectivity index (χ1n) is 6.99. The summed E-state index contributed by atoms with van der Waals surface area (Å²) in [5, 5.41) is 1.28. The fourth-order valence-corrected chi connectivity index (χ4v) is 3.44. The molecule has 1 heterocycles. The molecule has 0 amide bonds. The standard InChI is InChI=1S/C18H16O3S/c1-18(2,21-3)17(20)11-8-9-15-13(10-11)16(19)12-6-4-5-7-14(12)22-15/h4-10H,1-3H3. The van der Waals surface area contributed by atoms with Gasteiger partial charge in [-0.15, -0.1) is 11.3 Å². The van der Waals surface area contributed by atoms with Gasteiger partial charge in [-0.25, -0.2) is 0 Å². The summed E-state index contributed by atoms with van der Waals surface area (Å²) in [4.78, 5) is 25.1. The van der Waals surface area contributed by atoms with Crippen molar-refractivity contribution >= 4 is 37.3 Å². The van der Waals surface area contributed by atoms with E-state index in [4.69, 9.17) is 4.74 Å². The molecular formula is C18H16O3S. The van der Waals surface area contributed by atoms with E-state index in [0.29, 0.717) is 16.3 Å². The molecule has 0 unspecified atom stereocenters. The maximum atomic E-state index is 12.6. The van der Waals surface area contributed by atoms with Crippen molar-refractivity contribution in [1.29, 1.82) is 0 Å². The highest BCUT2D eigenvalue weighted by Crippen LogP contribution is 2.26. The van der Waals surface area contributed by atoms with Crippen molar-refractivity contribution in [1.82, 2.24) is 0 Å². The van der Waals surface area contributed by atoms with Gasteiger partial charge < -0.3 is 4.74 Å². The average molecular weight is 312 g/mol. The van der Waals surface area contributed by atoms with Crippen molar-refractivity contribution in [2.24, 2.45) is 0 Å². The second-order valence-electron chi connectivity index (χ2n) is 5.68. The highest BCUT2D eigenvalue weighted by molar-refractivity contribution is 7.24. The number of ether oxygens (including phenoxy) is 1. The average Bonchev–Trinajstić information content (AvgIpc) is 2.54. The van der Waals surface area contributed by atoms with Crippen LogP contribution in [0.3, 0.4) is 0 Å². The Morgan fingerprint density at radius 2 is 1.73 bits per heavy atom. The maximum Gasteiger partial charge on any atom is 0.195 e. The van der Waals surface area contributed by atoms with E-state index in [-0.39, 0.29) is 11.2 Å². The Hall–Kier alpha value is -2.04. The molecule has 0 radical (unpaired) electrons. The highest BCUT2D eigenvalue weighted by Gasteiger charge is 2.28. The lowest BCUT2D eigenvalue weighted by Crippen LogP contribution is -2.33. The monoisotopic (exact) mass is 312 g/mol. The summed E-state index contributed by atoms with van der Waals surface area (Å²) >= 11 is 1.56. The van der Waals surface area contributed by atoms with Crippen molar-refractivity contribution < 1.29 is 9.53 Å². The van der Waals surface area contributed by atoms with E-state index in [0.717, 1.165) is 9.40 Å². The molecule has 0 saturated heterocycles. The van der Waals surface area contributed by atoms with Crippen LogP contribution in [-0.4, -0.2) is 18.5 Å². The van der Waals surface area contributed by atoms with Gasteiger partial charge in [0.15, 0.2) is 11.2 Å².